The molecule has 0 saturated carbocycles. The van der Waals surface area contributed by atoms with Crippen LogP contribution in [0.15, 0.2) is 57.7 Å². The Bertz CT molecular complexity index is 1040. The van der Waals surface area contributed by atoms with Crippen LogP contribution in [-0.2, 0) is 0 Å². The van der Waals surface area contributed by atoms with Gasteiger partial charge >= 0.3 is 0 Å². The molecule has 2 aromatic carbocycles. The van der Waals surface area contributed by atoms with E-state index >= 15 is 0 Å². The number of halogens is 1. The number of β-amino-alcohol motifs (C(OH)–C–C–N with tert-alkyl or cyclic N) is 1. The highest BCUT2D eigenvalue weighted by Crippen LogP contribution is 2.38. The van der Waals surface area contributed by atoms with Gasteiger partial charge in [-0.25, -0.2) is 0 Å². The molecule has 0 aliphatic carbocycles. The molecule has 5 nitrogen and oxygen atoms in total. The van der Waals surface area contributed by atoms with E-state index in [-0.39, 0.29) is 24.3 Å². The van der Waals surface area contributed by atoms with Gasteiger partial charge in [-0.2, -0.15) is 0 Å². The molecule has 0 fully saturated rings. The zero-order valence-electron chi connectivity index (χ0n) is 13.1. The van der Waals surface area contributed by atoms with E-state index in [1.54, 1.807) is 48.5 Å². The number of rotatable bonds is 3. The first-order valence-electron chi connectivity index (χ1n) is 7.85. The number of para-hydroxylation sites is 1. The summed E-state index contributed by atoms with van der Waals surface area (Å²) in [7, 11) is 0. The van der Waals surface area contributed by atoms with Crippen LogP contribution in [-0.4, -0.2) is 29.1 Å². The summed E-state index contributed by atoms with van der Waals surface area (Å²) in [6.45, 7) is -0.125. The fraction of sp³-hybridized carbons (Fsp3) is 0.158. The summed E-state index contributed by atoms with van der Waals surface area (Å²) in [5, 5.41) is 10.3. The highest BCUT2D eigenvalue weighted by atomic mass is 35.5. The lowest BCUT2D eigenvalue weighted by atomic mass is 9.98. The second kappa shape index (κ2) is 6.02. The molecule has 1 unspecified atom stereocenters. The Hall–Kier alpha value is -2.63. The Morgan fingerprint density at radius 2 is 1.92 bits per heavy atom. The highest BCUT2D eigenvalue weighted by Gasteiger charge is 2.42. The van der Waals surface area contributed by atoms with E-state index in [9.17, 15) is 14.7 Å². The van der Waals surface area contributed by atoms with E-state index in [0.717, 1.165) is 0 Å². The maximum absolute atomic E-state index is 13.0. The Morgan fingerprint density at radius 3 is 2.68 bits per heavy atom. The van der Waals surface area contributed by atoms with Gasteiger partial charge in [-0.15, -0.1) is 0 Å². The number of carbonyl (C=O) groups is 1. The predicted octanol–water partition coefficient (Wildman–Crippen LogP) is 2.98. The van der Waals surface area contributed by atoms with Gasteiger partial charge in [0.15, 0.2) is 5.43 Å². The zero-order chi connectivity index (χ0) is 17.6. The number of aliphatic hydroxyl groups is 1. The van der Waals surface area contributed by atoms with Crippen LogP contribution in [0.1, 0.15) is 27.7 Å². The second-order valence-corrected chi connectivity index (χ2v) is 6.29. The zero-order valence-corrected chi connectivity index (χ0v) is 13.9. The van der Waals surface area contributed by atoms with Crippen LogP contribution in [0.5, 0.6) is 0 Å². The maximum Gasteiger partial charge on any atom is 0.290 e. The molecule has 0 bridgehead atoms. The maximum atomic E-state index is 13.0. The van der Waals surface area contributed by atoms with Gasteiger partial charge < -0.3 is 14.4 Å². The van der Waals surface area contributed by atoms with Crippen LogP contribution >= 0.6 is 11.6 Å². The molecule has 25 heavy (non-hydrogen) atoms. The number of amides is 1. The predicted molar refractivity (Wildman–Crippen MR) is 93.9 cm³/mol. The smallest absolute Gasteiger partial charge is 0.290 e. The van der Waals surface area contributed by atoms with Crippen molar-refractivity contribution in [2.24, 2.45) is 0 Å². The third kappa shape index (κ3) is 2.44. The fourth-order valence-corrected chi connectivity index (χ4v) is 3.53. The molecule has 1 N–H and O–H groups in total. The average Bonchev–Trinajstić information content (AvgIpc) is 2.89. The highest BCUT2D eigenvalue weighted by molar-refractivity contribution is 6.30. The lowest BCUT2D eigenvalue weighted by Gasteiger charge is -2.24. The van der Waals surface area contributed by atoms with E-state index < -0.39 is 11.9 Å². The number of hydrogen-bond donors (Lipinski definition) is 1. The first-order chi connectivity index (χ1) is 12.1. The molecule has 1 amide bonds. The molecule has 0 radical (unpaired) electrons. The SMILES string of the molecule is O=C1c2oc3ccccc3c(=O)c2C(c2cccc(Cl)c2)N1CCO. The molecular formula is C19H14ClNO4. The summed E-state index contributed by atoms with van der Waals surface area (Å²) in [5.74, 6) is -0.376. The van der Waals surface area contributed by atoms with Crippen LogP contribution in [0.3, 0.4) is 0 Å². The number of benzene rings is 2. The van der Waals surface area contributed by atoms with Gasteiger partial charge in [-0.05, 0) is 29.8 Å². The van der Waals surface area contributed by atoms with Crippen LogP contribution in [0.25, 0.3) is 11.0 Å². The monoisotopic (exact) mass is 355 g/mol. The van der Waals surface area contributed by atoms with Crippen molar-refractivity contribution in [3.63, 3.8) is 0 Å². The third-order valence-corrected chi connectivity index (χ3v) is 4.61. The number of aliphatic hydroxyl groups excluding tert-OH is 1. The van der Waals surface area contributed by atoms with Crippen molar-refractivity contribution in [3.05, 3.63) is 80.7 Å². The largest absolute Gasteiger partial charge is 0.450 e. The molecular weight excluding hydrogens is 342 g/mol. The molecule has 1 aromatic heterocycles. The van der Waals surface area contributed by atoms with Crippen LogP contribution in [0.4, 0.5) is 0 Å². The summed E-state index contributed by atoms with van der Waals surface area (Å²) in [6.07, 6.45) is 0. The molecule has 2 heterocycles. The van der Waals surface area contributed by atoms with Crippen molar-refractivity contribution in [3.8, 4) is 0 Å². The van der Waals surface area contributed by atoms with Crippen molar-refractivity contribution in [1.82, 2.24) is 4.90 Å². The van der Waals surface area contributed by atoms with E-state index in [1.807, 2.05) is 0 Å². The van der Waals surface area contributed by atoms with Crippen molar-refractivity contribution >= 4 is 28.5 Å². The fourth-order valence-electron chi connectivity index (χ4n) is 3.33. The molecule has 6 heteroatoms. The number of fused-ring (bicyclic) bond motifs is 2. The molecule has 1 aliphatic rings. The molecule has 126 valence electrons. The summed E-state index contributed by atoms with van der Waals surface area (Å²) in [4.78, 5) is 27.3. The molecule has 4 rings (SSSR count). The third-order valence-electron chi connectivity index (χ3n) is 4.38. The summed E-state index contributed by atoms with van der Waals surface area (Å²) in [6, 6.07) is 13.2. The average molecular weight is 356 g/mol. The molecule has 0 saturated heterocycles. The molecule has 1 aliphatic heterocycles. The van der Waals surface area contributed by atoms with Gasteiger partial charge in [0, 0.05) is 11.6 Å². The summed E-state index contributed by atoms with van der Waals surface area (Å²) in [5.41, 5.74) is 1.13. The number of carbonyl (C=O) groups excluding carboxylic acids is 1. The Kier molecular flexibility index (Phi) is 3.82. The first-order valence-corrected chi connectivity index (χ1v) is 8.22. The minimum atomic E-state index is -0.630. The van der Waals surface area contributed by atoms with Gasteiger partial charge in [0.25, 0.3) is 5.91 Å². The van der Waals surface area contributed by atoms with Crippen molar-refractivity contribution in [2.75, 3.05) is 13.2 Å². The van der Waals surface area contributed by atoms with Gasteiger partial charge in [0.05, 0.1) is 23.6 Å². The number of hydrogen-bond acceptors (Lipinski definition) is 4. The van der Waals surface area contributed by atoms with Crippen LogP contribution in [0.2, 0.25) is 5.02 Å². The topological polar surface area (TPSA) is 70.8 Å². The summed E-state index contributed by atoms with van der Waals surface area (Å²) >= 11 is 6.09. The minimum Gasteiger partial charge on any atom is -0.450 e. The van der Waals surface area contributed by atoms with Gasteiger partial charge in [-0.3, -0.25) is 9.59 Å². The lowest BCUT2D eigenvalue weighted by Crippen LogP contribution is -2.32. The molecule has 0 spiro atoms. The van der Waals surface area contributed by atoms with Crippen LogP contribution in [0, 0.1) is 0 Å². The number of nitrogens with zero attached hydrogens (tertiary/aromatic N) is 1. The van der Waals surface area contributed by atoms with Crippen molar-refractivity contribution in [1.29, 1.82) is 0 Å². The molecule has 3 aromatic rings. The quantitative estimate of drug-likeness (QED) is 0.784. The first kappa shape index (κ1) is 15.9. The van der Waals surface area contributed by atoms with E-state index in [2.05, 4.69) is 0 Å². The van der Waals surface area contributed by atoms with E-state index in [1.165, 1.54) is 4.90 Å². The normalized spacial score (nSPS) is 16.5. The molecule has 1 atom stereocenters. The van der Waals surface area contributed by atoms with Crippen LogP contribution < -0.4 is 5.43 Å². The minimum absolute atomic E-state index is 0.0297. The summed E-state index contributed by atoms with van der Waals surface area (Å²) < 4.78 is 5.75. The second-order valence-electron chi connectivity index (χ2n) is 5.85. The van der Waals surface area contributed by atoms with Crippen molar-refractivity contribution in [2.45, 2.75) is 6.04 Å². The van der Waals surface area contributed by atoms with Gasteiger partial charge in [-0.1, -0.05) is 35.9 Å². The Morgan fingerprint density at radius 1 is 1.12 bits per heavy atom. The van der Waals surface area contributed by atoms with E-state index in [0.29, 0.717) is 27.1 Å². The Labute approximate surface area is 148 Å². The lowest BCUT2D eigenvalue weighted by molar-refractivity contribution is 0.0691. The van der Waals surface area contributed by atoms with Gasteiger partial charge in [0.1, 0.15) is 5.58 Å². The van der Waals surface area contributed by atoms with Gasteiger partial charge in [0.2, 0.25) is 5.76 Å². The standard InChI is InChI=1S/C19H14ClNO4/c20-12-5-3-4-11(10-12)16-15-17(23)13-6-1-2-7-14(13)25-18(15)19(24)21(16)8-9-22/h1-7,10,16,22H,8-9H2. The van der Waals surface area contributed by atoms with Crippen molar-refractivity contribution < 1.29 is 14.3 Å². The Balaban J connectivity index is 2.02. The van der Waals surface area contributed by atoms with E-state index in [4.69, 9.17) is 16.0 Å².